The molecule has 2 saturated heterocycles. The molecule has 4 heterocycles. The van der Waals surface area contributed by atoms with Crippen molar-refractivity contribution in [2.75, 3.05) is 26.2 Å². The van der Waals surface area contributed by atoms with E-state index in [1.807, 2.05) is 48.3 Å². The predicted molar refractivity (Wildman–Crippen MR) is 98.7 cm³/mol. The molecule has 2 fully saturated rings. The molecule has 2 aliphatic rings. The Morgan fingerprint density at radius 2 is 2.23 bits per heavy atom. The van der Waals surface area contributed by atoms with E-state index in [0.717, 1.165) is 44.8 Å². The number of hydrogen-bond donors (Lipinski definition) is 1. The summed E-state index contributed by atoms with van der Waals surface area (Å²) in [5.41, 5.74) is 1.83. The monoisotopic (exact) mass is 354 g/mol. The fourth-order valence-corrected chi connectivity index (χ4v) is 3.95. The number of carbonyl (C=O) groups is 1. The van der Waals surface area contributed by atoms with Gasteiger partial charge in [0.15, 0.2) is 0 Å². The third-order valence-corrected chi connectivity index (χ3v) is 5.50. The molecule has 0 aromatic carbocycles. The highest BCUT2D eigenvalue weighted by Gasteiger charge is 2.46. The Labute approximate surface area is 154 Å². The molecule has 0 radical (unpaired) electrons. The van der Waals surface area contributed by atoms with Crippen molar-refractivity contribution in [2.24, 2.45) is 13.0 Å². The van der Waals surface area contributed by atoms with Gasteiger partial charge in [-0.3, -0.25) is 14.7 Å². The predicted octanol–water partition coefficient (Wildman–Crippen LogP) is 1.83. The second-order valence-electron chi connectivity index (χ2n) is 7.58. The number of pyridine rings is 1. The normalized spacial score (nSPS) is 22.1. The van der Waals surface area contributed by atoms with Crippen molar-refractivity contribution in [3.05, 3.63) is 54.1 Å². The molecule has 2 aromatic heterocycles. The number of nitrogens with zero attached hydrogens (tertiary/aromatic N) is 3. The summed E-state index contributed by atoms with van der Waals surface area (Å²) in [7, 11) is 1.88. The zero-order valence-electron chi connectivity index (χ0n) is 15.2. The van der Waals surface area contributed by atoms with Crippen LogP contribution >= 0.6 is 0 Å². The first-order valence-electron chi connectivity index (χ1n) is 9.29. The summed E-state index contributed by atoms with van der Waals surface area (Å²) in [6.45, 7) is 4.25. The van der Waals surface area contributed by atoms with E-state index >= 15 is 0 Å². The summed E-state index contributed by atoms with van der Waals surface area (Å²) >= 11 is 0. The molecule has 138 valence electrons. The van der Waals surface area contributed by atoms with Crippen molar-refractivity contribution >= 4 is 5.91 Å². The minimum atomic E-state index is -0.0111. The second kappa shape index (κ2) is 7.21. The Bertz CT molecular complexity index is 742. The summed E-state index contributed by atoms with van der Waals surface area (Å²) < 4.78 is 8.05. The second-order valence-corrected chi connectivity index (χ2v) is 7.58. The van der Waals surface area contributed by atoms with Crippen LogP contribution in [0.3, 0.4) is 0 Å². The Balaban J connectivity index is 1.19. The van der Waals surface area contributed by atoms with Crippen LogP contribution in [0.2, 0.25) is 0 Å². The van der Waals surface area contributed by atoms with Crippen molar-refractivity contribution in [1.29, 1.82) is 0 Å². The van der Waals surface area contributed by atoms with Gasteiger partial charge in [-0.25, -0.2) is 0 Å². The number of aromatic nitrogens is 2. The quantitative estimate of drug-likeness (QED) is 0.890. The lowest BCUT2D eigenvalue weighted by Gasteiger charge is -2.52. The molecule has 0 unspecified atom stereocenters. The van der Waals surface area contributed by atoms with E-state index < -0.39 is 0 Å². The van der Waals surface area contributed by atoms with E-state index in [1.54, 1.807) is 0 Å². The van der Waals surface area contributed by atoms with Gasteiger partial charge in [0.1, 0.15) is 5.69 Å². The van der Waals surface area contributed by atoms with Crippen LogP contribution < -0.4 is 5.32 Å². The van der Waals surface area contributed by atoms with E-state index in [9.17, 15) is 4.79 Å². The van der Waals surface area contributed by atoms with Gasteiger partial charge in [-0.15, -0.1) is 0 Å². The third-order valence-electron chi connectivity index (χ3n) is 5.50. The van der Waals surface area contributed by atoms with Crippen LogP contribution in [0.1, 0.15) is 29.0 Å². The maximum Gasteiger partial charge on any atom is 0.267 e. The van der Waals surface area contributed by atoms with Gasteiger partial charge >= 0.3 is 0 Å². The minimum absolute atomic E-state index is 0.0111. The van der Waals surface area contributed by atoms with E-state index in [0.29, 0.717) is 18.2 Å². The summed E-state index contributed by atoms with van der Waals surface area (Å²) in [6.07, 6.45) is 5.90. The van der Waals surface area contributed by atoms with Crippen LogP contribution in [0.5, 0.6) is 0 Å². The molecule has 1 amide bonds. The number of likely N-dealkylation sites (tertiary alicyclic amines) is 1. The molecule has 1 spiro atoms. The average Bonchev–Trinajstić information content (AvgIpc) is 3.06. The molecule has 1 N–H and O–H groups in total. The molecule has 1 atom stereocenters. The minimum Gasteiger partial charge on any atom is -0.372 e. The lowest BCUT2D eigenvalue weighted by atomic mass is 9.83. The van der Waals surface area contributed by atoms with Crippen LogP contribution in [-0.4, -0.2) is 52.2 Å². The lowest BCUT2D eigenvalue weighted by molar-refractivity contribution is -0.181. The SMILES string of the molecule is Cn1cccc1C(=O)NC[C@H]1CCC2(CN(Cc3ccccn3)C2)OC1. The fraction of sp³-hybridized carbons (Fsp3) is 0.500. The third kappa shape index (κ3) is 3.66. The van der Waals surface area contributed by atoms with E-state index in [4.69, 9.17) is 4.74 Å². The van der Waals surface area contributed by atoms with Crippen molar-refractivity contribution < 1.29 is 9.53 Å². The van der Waals surface area contributed by atoms with Gasteiger partial charge in [-0.05, 0) is 43.0 Å². The van der Waals surface area contributed by atoms with Gasteiger partial charge in [0.2, 0.25) is 0 Å². The molecule has 0 bridgehead atoms. The molecule has 6 heteroatoms. The van der Waals surface area contributed by atoms with Crippen LogP contribution in [0.15, 0.2) is 42.7 Å². The van der Waals surface area contributed by atoms with Gasteiger partial charge in [-0.2, -0.15) is 0 Å². The summed E-state index contributed by atoms with van der Waals surface area (Å²) in [5, 5.41) is 3.04. The zero-order valence-corrected chi connectivity index (χ0v) is 15.2. The van der Waals surface area contributed by atoms with Crippen molar-refractivity contribution in [1.82, 2.24) is 19.8 Å². The van der Waals surface area contributed by atoms with Gasteiger partial charge in [0.05, 0.1) is 17.9 Å². The summed E-state index contributed by atoms with van der Waals surface area (Å²) in [6, 6.07) is 9.77. The van der Waals surface area contributed by atoms with Crippen LogP contribution in [0.4, 0.5) is 0 Å². The number of nitrogens with one attached hydrogen (secondary N) is 1. The zero-order chi connectivity index (χ0) is 18.0. The topological polar surface area (TPSA) is 59.4 Å². The molecular weight excluding hydrogens is 328 g/mol. The molecular formula is C20H26N4O2. The van der Waals surface area contributed by atoms with Crippen LogP contribution in [0, 0.1) is 5.92 Å². The van der Waals surface area contributed by atoms with Crippen LogP contribution in [-0.2, 0) is 18.3 Å². The maximum absolute atomic E-state index is 12.2. The molecule has 4 rings (SSSR count). The molecule has 26 heavy (non-hydrogen) atoms. The van der Waals surface area contributed by atoms with Crippen molar-refractivity contribution in [2.45, 2.75) is 25.0 Å². The number of amides is 1. The first-order chi connectivity index (χ1) is 12.6. The Morgan fingerprint density at radius 3 is 2.88 bits per heavy atom. The van der Waals surface area contributed by atoms with Gasteiger partial charge < -0.3 is 14.6 Å². The molecule has 2 aliphatic heterocycles. The Hall–Kier alpha value is -2.18. The first-order valence-corrected chi connectivity index (χ1v) is 9.29. The lowest BCUT2D eigenvalue weighted by Crippen LogP contribution is -2.64. The van der Waals surface area contributed by atoms with Gasteiger partial charge in [0.25, 0.3) is 5.91 Å². The van der Waals surface area contributed by atoms with E-state index in [-0.39, 0.29) is 11.5 Å². The molecule has 6 nitrogen and oxygen atoms in total. The standard InChI is InChI=1S/C20H26N4O2/c1-23-10-4-6-18(23)19(25)22-11-16-7-8-20(26-13-16)14-24(15-20)12-17-5-2-3-9-21-17/h2-6,9-10,16H,7-8,11-15H2,1H3,(H,22,25)/t16-/m1/s1. The smallest absolute Gasteiger partial charge is 0.267 e. The Morgan fingerprint density at radius 1 is 1.35 bits per heavy atom. The molecule has 2 aromatic rings. The maximum atomic E-state index is 12.2. The number of rotatable bonds is 5. The number of aryl methyl sites for hydroxylation is 1. The largest absolute Gasteiger partial charge is 0.372 e. The van der Waals surface area contributed by atoms with E-state index in [2.05, 4.69) is 21.3 Å². The van der Waals surface area contributed by atoms with E-state index in [1.165, 1.54) is 0 Å². The highest BCUT2D eigenvalue weighted by atomic mass is 16.5. The summed E-state index contributed by atoms with van der Waals surface area (Å²) in [4.78, 5) is 19.0. The fourth-order valence-electron chi connectivity index (χ4n) is 3.95. The number of ether oxygens (including phenoxy) is 1. The highest BCUT2D eigenvalue weighted by molar-refractivity contribution is 5.92. The first kappa shape index (κ1) is 17.2. The Kier molecular flexibility index (Phi) is 4.78. The number of hydrogen-bond acceptors (Lipinski definition) is 4. The average molecular weight is 354 g/mol. The van der Waals surface area contributed by atoms with Gasteiger partial charge in [0, 0.05) is 45.6 Å². The molecule has 0 aliphatic carbocycles. The highest BCUT2D eigenvalue weighted by Crippen LogP contribution is 2.36. The van der Waals surface area contributed by atoms with Gasteiger partial charge in [-0.1, -0.05) is 6.07 Å². The summed E-state index contributed by atoms with van der Waals surface area (Å²) in [5.74, 6) is 0.387. The van der Waals surface area contributed by atoms with Crippen LogP contribution in [0.25, 0.3) is 0 Å². The van der Waals surface area contributed by atoms with Crippen molar-refractivity contribution in [3.8, 4) is 0 Å². The number of carbonyl (C=O) groups excluding carboxylic acids is 1. The van der Waals surface area contributed by atoms with Crippen molar-refractivity contribution in [3.63, 3.8) is 0 Å². The molecule has 0 saturated carbocycles.